The molecular weight excluding hydrogens is 316 g/mol. The molecule has 2 aromatic rings. The average molecular weight is 340 g/mol. The van der Waals surface area contributed by atoms with E-state index in [2.05, 4.69) is 29.6 Å². The molecule has 1 fully saturated rings. The lowest BCUT2D eigenvalue weighted by molar-refractivity contribution is -0.134. The molecule has 0 bridgehead atoms. The van der Waals surface area contributed by atoms with Crippen LogP contribution in [0, 0.1) is 5.92 Å². The molecule has 0 radical (unpaired) electrons. The van der Waals surface area contributed by atoms with Crippen LogP contribution < -0.4 is 5.32 Å². The Morgan fingerprint density at radius 2 is 1.88 bits per heavy atom. The zero-order chi connectivity index (χ0) is 17.6. The Morgan fingerprint density at radius 1 is 1.16 bits per heavy atom. The molecular formula is C20H24N2O3. The summed E-state index contributed by atoms with van der Waals surface area (Å²) in [5, 5.41) is 2.71. The third kappa shape index (κ3) is 4.50. The van der Waals surface area contributed by atoms with Crippen LogP contribution in [0.25, 0.3) is 0 Å². The highest BCUT2D eigenvalue weighted by Gasteiger charge is 2.27. The number of nitrogens with zero attached hydrogens (tertiary/aromatic N) is 1. The van der Waals surface area contributed by atoms with Crippen LogP contribution >= 0.6 is 0 Å². The fourth-order valence-electron chi connectivity index (χ4n) is 3.32. The van der Waals surface area contributed by atoms with E-state index in [0.29, 0.717) is 5.92 Å². The molecule has 1 aromatic carbocycles. The monoisotopic (exact) mass is 340 g/mol. The summed E-state index contributed by atoms with van der Waals surface area (Å²) in [5.74, 6) is 0.448. The summed E-state index contributed by atoms with van der Waals surface area (Å²) in [7, 11) is 0. The van der Waals surface area contributed by atoms with Crippen LogP contribution in [0.1, 0.15) is 35.9 Å². The maximum atomic E-state index is 12.5. The number of likely N-dealkylation sites (tertiary alicyclic amines) is 1. The maximum Gasteiger partial charge on any atom is 0.287 e. The number of hydrogen-bond acceptors (Lipinski definition) is 3. The summed E-state index contributed by atoms with van der Waals surface area (Å²) >= 11 is 0. The van der Waals surface area contributed by atoms with Crippen molar-refractivity contribution in [1.82, 2.24) is 10.2 Å². The fourth-order valence-corrected chi connectivity index (χ4v) is 3.32. The summed E-state index contributed by atoms with van der Waals surface area (Å²) in [5.41, 5.74) is 1.35. The second-order valence-corrected chi connectivity index (χ2v) is 6.63. The number of hydrogen-bond donors (Lipinski definition) is 1. The minimum Gasteiger partial charge on any atom is -0.459 e. The predicted molar refractivity (Wildman–Crippen MR) is 95.1 cm³/mol. The summed E-state index contributed by atoms with van der Waals surface area (Å²) in [6.45, 7) is 3.22. The van der Waals surface area contributed by atoms with Gasteiger partial charge in [0.2, 0.25) is 5.91 Å². The largest absolute Gasteiger partial charge is 0.459 e. The molecule has 1 unspecified atom stereocenters. The molecule has 0 saturated carbocycles. The lowest BCUT2D eigenvalue weighted by atomic mass is 9.90. The zero-order valence-corrected chi connectivity index (χ0v) is 14.5. The maximum absolute atomic E-state index is 12.5. The smallest absolute Gasteiger partial charge is 0.287 e. The molecule has 0 aliphatic carbocycles. The molecule has 5 nitrogen and oxygen atoms in total. The van der Waals surface area contributed by atoms with Crippen molar-refractivity contribution in [1.29, 1.82) is 0 Å². The molecule has 3 rings (SSSR count). The first-order chi connectivity index (χ1) is 12.1. The predicted octanol–water partition coefficient (Wildman–Crippen LogP) is 2.88. The normalized spacial score (nSPS) is 16.4. The van der Waals surface area contributed by atoms with E-state index in [1.54, 1.807) is 19.1 Å². The molecule has 5 heteroatoms. The zero-order valence-electron chi connectivity index (χ0n) is 14.5. The second-order valence-electron chi connectivity index (χ2n) is 6.63. The quantitative estimate of drug-likeness (QED) is 0.910. The van der Waals surface area contributed by atoms with Gasteiger partial charge in [0, 0.05) is 13.1 Å². The Hall–Kier alpha value is -2.56. The first kappa shape index (κ1) is 17.3. The first-order valence-corrected chi connectivity index (χ1v) is 8.80. The number of benzene rings is 1. The highest BCUT2D eigenvalue weighted by Crippen LogP contribution is 2.22. The number of nitrogens with one attached hydrogen (secondary N) is 1. The van der Waals surface area contributed by atoms with Gasteiger partial charge in [0.25, 0.3) is 5.91 Å². The molecule has 2 amide bonds. The van der Waals surface area contributed by atoms with Crippen molar-refractivity contribution >= 4 is 11.8 Å². The number of carbonyl (C=O) groups excluding carboxylic acids is 2. The number of piperidine rings is 1. The lowest BCUT2D eigenvalue weighted by Crippen LogP contribution is -2.49. The van der Waals surface area contributed by atoms with Crippen LogP contribution in [-0.4, -0.2) is 35.8 Å². The Kier molecular flexibility index (Phi) is 5.53. The van der Waals surface area contributed by atoms with Crippen molar-refractivity contribution in [2.24, 2.45) is 5.92 Å². The summed E-state index contributed by atoms with van der Waals surface area (Å²) in [4.78, 5) is 26.4. The van der Waals surface area contributed by atoms with Crippen LogP contribution in [0.3, 0.4) is 0 Å². The van der Waals surface area contributed by atoms with E-state index in [-0.39, 0.29) is 17.6 Å². The number of rotatable bonds is 5. The van der Waals surface area contributed by atoms with Gasteiger partial charge in [-0.1, -0.05) is 30.3 Å². The molecule has 1 N–H and O–H groups in total. The minimum absolute atomic E-state index is 0.0296. The van der Waals surface area contributed by atoms with Gasteiger partial charge >= 0.3 is 0 Å². The second kappa shape index (κ2) is 8.01. The molecule has 1 saturated heterocycles. The van der Waals surface area contributed by atoms with E-state index in [1.165, 1.54) is 11.8 Å². The average Bonchev–Trinajstić information content (AvgIpc) is 3.17. The van der Waals surface area contributed by atoms with Gasteiger partial charge in [0.1, 0.15) is 6.04 Å². The molecule has 2 heterocycles. The first-order valence-electron chi connectivity index (χ1n) is 8.80. The Balaban J connectivity index is 1.47. The third-order valence-electron chi connectivity index (χ3n) is 4.76. The summed E-state index contributed by atoms with van der Waals surface area (Å²) < 4.78 is 5.06. The number of furan rings is 1. The Labute approximate surface area is 148 Å². The van der Waals surface area contributed by atoms with E-state index < -0.39 is 6.04 Å². The summed E-state index contributed by atoms with van der Waals surface area (Å²) in [6.07, 6.45) is 4.51. The van der Waals surface area contributed by atoms with Gasteiger partial charge in [-0.15, -0.1) is 0 Å². The standard InChI is InChI=1S/C20H24N2O3/c1-15(21-19(23)18-8-5-13-25-18)20(24)22-11-9-17(10-12-22)14-16-6-3-2-4-7-16/h2-8,13,15,17H,9-12,14H2,1H3,(H,21,23). The molecule has 0 spiro atoms. The van der Waals surface area contributed by atoms with E-state index in [4.69, 9.17) is 4.42 Å². The van der Waals surface area contributed by atoms with Crippen molar-refractivity contribution < 1.29 is 14.0 Å². The molecule has 132 valence electrons. The van der Waals surface area contributed by atoms with Crippen LogP contribution in [0.4, 0.5) is 0 Å². The number of carbonyl (C=O) groups is 2. The van der Waals surface area contributed by atoms with Crippen molar-refractivity contribution in [2.45, 2.75) is 32.2 Å². The van der Waals surface area contributed by atoms with Crippen molar-refractivity contribution in [3.8, 4) is 0 Å². The highest BCUT2D eigenvalue weighted by atomic mass is 16.3. The Bertz CT molecular complexity index is 689. The van der Waals surface area contributed by atoms with E-state index in [9.17, 15) is 9.59 Å². The van der Waals surface area contributed by atoms with Crippen LogP contribution in [0.15, 0.2) is 53.1 Å². The highest BCUT2D eigenvalue weighted by molar-refractivity contribution is 5.95. The van der Waals surface area contributed by atoms with Gasteiger partial charge in [-0.3, -0.25) is 9.59 Å². The van der Waals surface area contributed by atoms with Crippen LogP contribution in [-0.2, 0) is 11.2 Å². The van der Waals surface area contributed by atoms with E-state index in [0.717, 1.165) is 32.4 Å². The van der Waals surface area contributed by atoms with Crippen molar-refractivity contribution in [3.63, 3.8) is 0 Å². The fraction of sp³-hybridized carbons (Fsp3) is 0.400. The van der Waals surface area contributed by atoms with E-state index >= 15 is 0 Å². The van der Waals surface area contributed by atoms with Crippen molar-refractivity contribution in [2.75, 3.05) is 13.1 Å². The lowest BCUT2D eigenvalue weighted by Gasteiger charge is -2.33. The van der Waals surface area contributed by atoms with Crippen molar-refractivity contribution in [3.05, 3.63) is 60.1 Å². The molecule has 1 aromatic heterocycles. The van der Waals surface area contributed by atoms with Crippen LogP contribution in [0.5, 0.6) is 0 Å². The molecule has 1 atom stereocenters. The van der Waals surface area contributed by atoms with Crippen LogP contribution in [0.2, 0.25) is 0 Å². The SMILES string of the molecule is CC(NC(=O)c1ccco1)C(=O)N1CCC(Cc2ccccc2)CC1. The van der Waals surface area contributed by atoms with Gasteiger partial charge in [0.05, 0.1) is 6.26 Å². The third-order valence-corrected chi connectivity index (χ3v) is 4.76. The molecule has 1 aliphatic heterocycles. The number of amides is 2. The topological polar surface area (TPSA) is 62.6 Å². The molecule has 25 heavy (non-hydrogen) atoms. The van der Waals surface area contributed by atoms with Gasteiger partial charge in [-0.2, -0.15) is 0 Å². The molecule has 1 aliphatic rings. The van der Waals surface area contributed by atoms with Gasteiger partial charge in [-0.05, 0) is 49.8 Å². The van der Waals surface area contributed by atoms with Gasteiger partial charge in [0.15, 0.2) is 5.76 Å². The summed E-state index contributed by atoms with van der Waals surface area (Å²) in [6, 6.07) is 13.2. The van der Waals surface area contributed by atoms with Gasteiger partial charge in [-0.25, -0.2) is 0 Å². The van der Waals surface area contributed by atoms with E-state index in [1.807, 2.05) is 11.0 Å². The minimum atomic E-state index is -0.553. The van der Waals surface area contributed by atoms with Gasteiger partial charge < -0.3 is 14.6 Å². The Morgan fingerprint density at radius 3 is 2.52 bits per heavy atom.